The first-order chi connectivity index (χ1) is 14.3. The van der Waals surface area contributed by atoms with Crippen molar-refractivity contribution in [2.24, 2.45) is 0 Å². The van der Waals surface area contributed by atoms with Crippen LogP contribution in [0.15, 0.2) is 53.7 Å². The number of carbonyl (C=O) groups excluding carboxylic acids is 1. The van der Waals surface area contributed by atoms with Crippen molar-refractivity contribution in [3.8, 4) is 22.8 Å². The smallest absolute Gasteiger partial charge is 0.230 e. The Morgan fingerprint density at radius 2 is 1.83 bits per heavy atom. The Balaban J connectivity index is 1.97. The van der Waals surface area contributed by atoms with Gasteiger partial charge in [-0.2, -0.15) is 0 Å². The summed E-state index contributed by atoms with van der Waals surface area (Å²) >= 11 is 1.37. The van der Waals surface area contributed by atoms with E-state index in [-0.39, 0.29) is 17.2 Å². The van der Waals surface area contributed by atoms with Crippen molar-refractivity contribution < 1.29 is 9.53 Å². The fourth-order valence-electron chi connectivity index (χ4n) is 2.93. The Bertz CT molecular complexity index is 1010. The summed E-state index contributed by atoms with van der Waals surface area (Å²) in [5, 5.41) is 12.6. The number of hydrogen-bond donors (Lipinski definition) is 1. The van der Waals surface area contributed by atoms with E-state index in [1.54, 1.807) is 7.11 Å². The van der Waals surface area contributed by atoms with Gasteiger partial charge in [-0.25, -0.2) is 0 Å². The van der Waals surface area contributed by atoms with Gasteiger partial charge in [0.05, 0.1) is 18.4 Å². The van der Waals surface area contributed by atoms with Crippen LogP contribution in [0, 0.1) is 6.92 Å². The van der Waals surface area contributed by atoms with Gasteiger partial charge in [-0.1, -0.05) is 48.5 Å². The number of nitrogens with zero attached hydrogens (tertiary/aromatic N) is 3. The zero-order valence-corrected chi connectivity index (χ0v) is 18.9. The lowest BCUT2D eigenvalue weighted by Crippen LogP contribution is -2.43. The number of amides is 1. The van der Waals surface area contributed by atoms with E-state index in [4.69, 9.17) is 4.74 Å². The molecule has 0 saturated carbocycles. The van der Waals surface area contributed by atoms with Crippen LogP contribution in [0.4, 0.5) is 0 Å². The maximum absolute atomic E-state index is 12.5. The Labute approximate surface area is 182 Å². The predicted molar refractivity (Wildman–Crippen MR) is 121 cm³/mol. The van der Waals surface area contributed by atoms with Crippen molar-refractivity contribution in [2.45, 2.75) is 44.8 Å². The first kappa shape index (κ1) is 21.9. The van der Waals surface area contributed by atoms with Crippen molar-refractivity contribution >= 4 is 17.7 Å². The molecule has 0 radical (unpaired) electrons. The van der Waals surface area contributed by atoms with Gasteiger partial charge in [0.2, 0.25) is 5.91 Å². The zero-order valence-electron chi connectivity index (χ0n) is 18.1. The highest BCUT2D eigenvalue weighted by Crippen LogP contribution is 2.33. The van der Waals surface area contributed by atoms with E-state index in [1.165, 1.54) is 17.3 Å². The van der Waals surface area contributed by atoms with Crippen LogP contribution in [0.25, 0.3) is 17.1 Å². The molecule has 1 heterocycles. The normalized spacial score (nSPS) is 11.4. The van der Waals surface area contributed by atoms with Gasteiger partial charge in [0.1, 0.15) is 5.75 Å². The molecular weight excluding hydrogens is 396 g/mol. The summed E-state index contributed by atoms with van der Waals surface area (Å²) in [4.78, 5) is 12.5. The number of thioether (sulfide) groups is 1. The molecule has 1 aromatic heterocycles. The Kier molecular flexibility index (Phi) is 6.82. The summed E-state index contributed by atoms with van der Waals surface area (Å²) in [6.45, 7) is 8.14. The third-order valence-corrected chi connectivity index (χ3v) is 5.90. The maximum Gasteiger partial charge on any atom is 0.230 e. The van der Waals surface area contributed by atoms with E-state index < -0.39 is 0 Å². The number of aryl methyl sites for hydroxylation is 1. The molecular formula is C23H28N4O2S. The molecule has 0 spiro atoms. The molecule has 1 N–H and O–H groups in total. The number of methoxy groups -OCH3 is 1. The minimum Gasteiger partial charge on any atom is -0.496 e. The van der Waals surface area contributed by atoms with Crippen LogP contribution in [0.3, 0.4) is 0 Å². The van der Waals surface area contributed by atoms with E-state index in [1.807, 2.05) is 73.9 Å². The molecule has 3 aromatic rings. The van der Waals surface area contributed by atoms with E-state index in [2.05, 4.69) is 22.4 Å². The first-order valence-electron chi connectivity index (χ1n) is 9.94. The van der Waals surface area contributed by atoms with Crippen LogP contribution in [0.1, 0.15) is 32.8 Å². The van der Waals surface area contributed by atoms with Gasteiger partial charge >= 0.3 is 0 Å². The van der Waals surface area contributed by atoms with Gasteiger partial charge in [-0.15, -0.1) is 10.2 Å². The second-order valence-corrected chi connectivity index (χ2v) is 8.69. The number of hydrogen-bond acceptors (Lipinski definition) is 5. The average Bonchev–Trinajstić information content (AvgIpc) is 3.16. The van der Waals surface area contributed by atoms with Gasteiger partial charge in [0, 0.05) is 11.2 Å². The molecule has 2 aromatic carbocycles. The number of rotatable bonds is 8. The summed E-state index contributed by atoms with van der Waals surface area (Å²) in [6, 6.07) is 15.9. The zero-order chi connectivity index (χ0) is 21.7. The molecule has 0 aliphatic carbocycles. The van der Waals surface area contributed by atoms with Crippen LogP contribution in [0.2, 0.25) is 0 Å². The highest BCUT2D eigenvalue weighted by atomic mass is 32.2. The van der Waals surface area contributed by atoms with Crippen LogP contribution >= 0.6 is 11.8 Å². The number of carbonyl (C=O) groups is 1. The third kappa shape index (κ3) is 5.02. The fraction of sp³-hybridized carbons (Fsp3) is 0.348. The highest BCUT2D eigenvalue weighted by Gasteiger charge is 2.21. The van der Waals surface area contributed by atoms with Crippen LogP contribution in [-0.4, -0.2) is 39.1 Å². The van der Waals surface area contributed by atoms with Crippen LogP contribution in [0.5, 0.6) is 5.75 Å². The van der Waals surface area contributed by atoms with Crippen molar-refractivity contribution in [3.63, 3.8) is 0 Å². The molecule has 0 aliphatic heterocycles. The van der Waals surface area contributed by atoms with E-state index in [0.29, 0.717) is 11.0 Å². The molecule has 0 atom stereocenters. The number of aromatic nitrogens is 3. The van der Waals surface area contributed by atoms with Gasteiger partial charge in [0.15, 0.2) is 11.0 Å². The lowest BCUT2D eigenvalue weighted by Gasteiger charge is -2.24. The minimum absolute atomic E-state index is 0.0239. The molecule has 7 heteroatoms. The van der Waals surface area contributed by atoms with Crippen molar-refractivity contribution in [2.75, 3.05) is 12.9 Å². The number of ether oxygens (including phenoxy) is 1. The summed E-state index contributed by atoms with van der Waals surface area (Å²) in [5.74, 6) is 1.63. The molecule has 0 fully saturated rings. The summed E-state index contributed by atoms with van der Waals surface area (Å²) in [5.41, 5.74) is 2.71. The number of benzene rings is 2. The quantitative estimate of drug-likeness (QED) is 0.533. The molecule has 6 nitrogen and oxygen atoms in total. The van der Waals surface area contributed by atoms with Crippen molar-refractivity contribution in [1.29, 1.82) is 0 Å². The third-order valence-electron chi connectivity index (χ3n) is 4.97. The van der Waals surface area contributed by atoms with E-state index >= 15 is 0 Å². The molecule has 0 saturated heterocycles. The molecule has 158 valence electrons. The molecule has 1 amide bonds. The lowest BCUT2D eigenvalue weighted by molar-refractivity contribution is -0.120. The average molecular weight is 425 g/mol. The van der Waals surface area contributed by atoms with Gasteiger partial charge < -0.3 is 10.1 Å². The first-order valence-corrected chi connectivity index (χ1v) is 10.9. The van der Waals surface area contributed by atoms with Gasteiger partial charge in [-0.3, -0.25) is 9.36 Å². The molecule has 30 heavy (non-hydrogen) atoms. The van der Waals surface area contributed by atoms with Crippen LogP contribution in [-0.2, 0) is 4.79 Å². The fourth-order valence-corrected chi connectivity index (χ4v) is 3.68. The molecule has 0 bridgehead atoms. The summed E-state index contributed by atoms with van der Waals surface area (Å²) < 4.78 is 7.50. The molecule has 0 aliphatic rings. The highest BCUT2D eigenvalue weighted by molar-refractivity contribution is 7.99. The summed E-state index contributed by atoms with van der Waals surface area (Å²) in [7, 11) is 1.64. The number of para-hydroxylation sites is 1. The SMILES string of the molecule is CCC(C)(C)NC(=O)CSc1nnc(-c2ccccc2OC)n1-c1ccc(C)cc1. The van der Waals surface area contributed by atoms with Crippen LogP contribution < -0.4 is 10.1 Å². The van der Waals surface area contributed by atoms with Crippen molar-refractivity contribution in [1.82, 2.24) is 20.1 Å². The minimum atomic E-state index is -0.231. The number of nitrogens with one attached hydrogen (secondary N) is 1. The standard InChI is InChI=1S/C23H28N4O2S/c1-6-23(3,4)24-20(28)15-30-22-26-25-21(18-9-7-8-10-19(18)29-5)27(22)17-13-11-16(2)12-14-17/h7-14H,6,15H2,1-5H3,(H,24,28). The van der Waals surface area contributed by atoms with Gasteiger partial charge in [-0.05, 0) is 51.5 Å². The Morgan fingerprint density at radius 1 is 1.13 bits per heavy atom. The lowest BCUT2D eigenvalue weighted by atomic mass is 10.0. The van der Waals surface area contributed by atoms with Gasteiger partial charge in [0.25, 0.3) is 0 Å². The predicted octanol–water partition coefficient (Wildman–Crippen LogP) is 4.65. The Morgan fingerprint density at radius 3 is 2.50 bits per heavy atom. The largest absolute Gasteiger partial charge is 0.496 e. The van der Waals surface area contributed by atoms with Crippen molar-refractivity contribution in [3.05, 3.63) is 54.1 Å². The summed E-state index contributed by atoms with van der Waals surface area (Å²) in [6.07, 6.45) is 0.862. The monoisotopic (exact) mass is 424 g/mol. The molecule has 0 unspecified atom stereocenters. The Hall–Kier alpha value is -2.80. The maximum atomic E-state index is 12.5. The van der Waals surface area contributed by atoms with E-state index in [0.717, 1.165) is 23.4 Å². The molecule has 3 rings (SSSR count). The second kappa shape index (κ2) is 9.34. The van der Waals surface area contributed by atoms with E-state index in [9.17, 15) is 4.79 Å². The second-order valence-electron chi connectivity index (χ2n) is 7.75. The topological polar surface area (TPSA) is 69.0 Å².